The van der Waals surface area contributed by atoms with E-state index in [2.05, 4.69) is 18.3 Å². The maximum absolute atomic E-state index is 12.4. The van der Waals surface area contributed by atoms with Crippen molar-refractivity contribution in [1.82, 2.24) is 5.32 Å². The highest BCUT2D eigenvalue weighted by Crippen LogP contribution is 2.32. The van der Waals surface area contributed by atoms with Crippen molar-refractivity contribution in [3.8, 4) is 11.8 Å². The Bertz CT molecular complexity index is 552. The van der Waals surface area contributed by atoms with Crippen LogP contribution in [0.3, 0.4) is 0 Å². The standard InChI is InChI=1S/C16H20N2O2/c1-11-6-8-16(10-17,9-7-11)18-15(20)13-4-3-5-14(19)12(13)2/h3-5,11,19H,6-9H2,1-2H3,(H,18,20). The fourth-order valence-electron chi connectivity index (χ4n) is 2.67. The van der Waals surface area contributed by atoms with E-state index in [1.807, 2.05) is 0 Å². The van der Waals surface area contributed by atoms with E-state index < -0.39 is 5.54 Å². The molecule has 20 heavy (non-hydrogen) atoms. The van der Waals surface area contributed by atoms with Gasteiger partial charge in [-0.3, -0.25) is 4.79 Å². The second-order valence-corrected chi connectivity index (χ2v) is 5.78. The lowest BCUT2D eigenvalue weighted by molar-refractivity contribution is 0.0893. The average Bonchev–Trinajstić information content (AvgIpc) is 2.44. The number of aromatic hydroxyl groups is 1. The van der Waals surface area contributed by atoms with Gasteiger partial charge in [0.1, 0.15) is 11.3 Å². The van der Waals surface area contributed by atoms with Gasteiger partial charge in [0.05, 0.1) is 6.07 Å². The molecule has 4 nitrogen and oxygen atoms in total. The lowest BCUT2D eigenvalue weighted by atomic mass is 9.78. The molecule has 106 valence electrons. The highest BCUT2D eigenvalue weighted by molar-refractivity contribution is 5.96. The highest BCUT2D eigenvalue weighted by Gasteiger charge is 2.36. The first kappa shape index (κ1) is 14.4. The molecule has 1 aliphatic rings. The van der Waals surface area contributed by atoms with E-state index in [4.69, 9.17) is 0 Å². The zero-order chi connectivity index (χ0) is 14.8. The summed E-state index contributed by atoms with van der Waals surface area (Å²) >= 11 is 0. The van der Waals surface area contributed by atoms with Crippen LogP contribution in [0.5, 0.6) is 5.75 Å². The predicted molar refractivity (Wildman–Crippen MR) is 76.3 cm³/mol. The van der Waals surface area contributed by atoms with Gasteiger partial charge >= 0.3 is 0 Å². The van der Waals surface area contributed by atoms with Crippen molar-refractivity contribution in [2.24, 2.45) is 5.92 Å². The Kier molecular flexibility index (Phi) is 3.99. The number of nitrogens with zero attached hydrogens (tertiary/aromatic N) is 1. The maximum atomic E-state index is 12.4. The minimum absolute atomic E-state index is 0.0981. The van der Waals surface area contributed by atoms with Crippen LogP contribution in [0, 0.1) is 24.2 Å². The Morgan fingerprint density at radius 3 is 2.70 bits per heavy atom. The molecule has 0 saturated heterocycles. The van der Waals surface area contributed by atoms with Gasteiger partial charge in [0.25, 0.3) is 5.91 Å². The molecule has 1 aromatic rings. The molecule has 2 rings (SSSR count). The molecule has 0 heterocycles. The Morgan fingerprint density at radius 2 is 2.10 bits per heavy atom. The largest absolute Gasteiger partial charge is 0.508 e. The van der Waals surface area contributed by atoms with Gasteiger partial charge in [-0.25, -0.2) is 0 Å². The molecule has 1 aromatic carbocycles. The second-order valence-electron chi connectivity index (χ2n) is 5.78. The van der Waals surface area contributed by atoms with Crippen LogP contribution >= 0.6 is 0 Å². The molecule has 0 aromatic heterocycles. The Hall–Kier alpha value is -2.02. The van der Waals surface area contributed by atoms with Crippen LogP contribution in [0.1, 0.15) is 48.5 Å². The molecule has 0 aliphatic heterocycles. The molecule has 0 radical (unpaired) electrons. The lowest BCUT2D eigenvalue weighted by Gasteiger charge is -2.34. The average molecular weight is 272 g/mol. The van der Waals surface area contributed by atoms with Gasteiger partial charge in [-0.1, -0.05) is 13.0 Å². The van der Waals surface area contributed by atoms with Crippen LogP contribution in [0.15, 0.2) is 18.2 Å². The molecule has 4 heteroatoms. The lowest BCUT2D eigenvalue weighted by Crippen LogP contribution is -2.49. The minimum Gasteiger partial charge on any atom is -0.508 e. The summed E-state index contributed by atoms with van der Waals surface area (Å²) in [5.74, 6) is 0.423. The number of rotatable bonds is 2. The van der Waals surface area contributed by atoms with Gasteiger partial charge in [-0.15, -0.1) is 0 Å². The fraction of sp³-hybridized carbons (Fsp3) is 0.500. The van der Waals surface area contributed by atoms with Crippen LogP contribution in [-0.2, 0) is 0 Å². The number of phenolic OH excluding ortho intramolecular Hbond substituents is 1. The van der Waals surface area contributed by atoms with Crippen LogP contribution in [-0.4, -0.2) is 16.6 Å². The van der Waals surface area contributed by atoms with E-state index in [0.717, 1.165) is 12.8 Å². The molecule has 0 unspecified atom stereocenters. The van der Waals surface area contributed by atoms with E-state index in [9.17, 15) is 15.2 Å². The molecule has 2 N–H and O–H groups in total. The van der Waals surface area contributed by atoms with Gasteiger partial charge in [-0.2, -0.15) is 5.26 Å². The van der Waals surface area contributed by atoms with Crippen molar-refractivity contribution in [2.45, 2.75) is 45.1 Å². The monoisotopic (exact) mass is 272 g/mol. The molecule has 1 fully saturated rings. The van der Waals surface area contributed by atoms with E-state index in [0.29, 0.717) is 29.9 Å². The number of amides is 1. The summed E-state index contributed by atoms with van der Waals surface area (Å²) < 4.78 is 0. The molecule has 1 saturated carbocycles. The first-order valence-corrected chi connectivity index (χ1v) is 7.00. The molecule has 0 spiro atoms. The Balaban J connectivity index is 2.18. The van der Waals surface area contributed by atoms with Crippen LogP contribution < -0.4 is 5.32 Å². The van der Waals surface area contributed by atoms with Crippen molar-refractivity contribution in [1.29, 1.82) is 5.26 Å². The van der Waals surface area contributed by atoms with E-state index in [1.165, 1.54) is 0 Å². The summed E-state index contributed by atoms with van der Waals surface area (Å²) in [4.78, 5) is 12.4. The maximum Gasteiger partial charge on any atom is 0.252 e. The Labute approximate surface area is 119 Å². The smallest absolute Gasteiger partial charge is 0.252 e. The molecule has 1 amide bonds. The number of carbonyl (C=O) groups is 1. The SMILES string of the molecule is Cc1c(O)cccc1C(=O)NC1(C#N)CCC(C)CC1. The summed E-state index contributed by atoms with van der Waals surface area (Å²) in [5, 5.41) is 22.0. The summed E-state index contributed by atoms with van der Waals surface area (Å²) in [6.07, 6.45) is 3.28. The third kappa shape index (κ3) is 2.77. The number of benzene rings is 1. The molecular weight excluding hydrogens is 252 g/mol. The zero-order valence-electron chi connectivity index (χ0n) is 11.9. The van der Waals surface area contributed by atoms with Gasteiger partial charge in [0.2, 0.25) is 0 Å². The van der Waals surface area contributed by atoms with Crippen molar-refractivity contribution in [3.05, 3.63) is 29.3 Å². The van der Waals surface area contributed by atoms with Crippen molar-refractivity contribution in [3.63, 3.8) is 0 Å². The number of carbonyl (C=O) groups excluding carboxylic acids is 1. The number of hydrogen-bond donors (Lipinski definition) is 2. The molecule has 0 bridgehead atoms. The van der Waals surface area contributed by atoms with E-state index >= 15 is 0 Å². The van der Waals surface area contributed by atoms with Gasteiger partial charge in [0.15, 0.2) is 0 Å². The Morgan fingerprint density at radius 1 is 1.45 bits per heavy atom. The topological polar surface area (TPSA) is 73.1 Å². The normalized spacial score (nSPS) is 25.8. The number of nitriles is 1. The number of hydrogen-bond acceptors (Lipinski definition) is 3. The van der Waals surface area contributed by atoms with Gasteiger partial charge in [-0.05, 0) is 50.7 Å². The van der Waals surface area contributed by atoms with Crippen molar-refractivity contribution < 1.29 is 9.90 Å². The predicted octanol–water partition coefficient (Wildman–Crippen LogP) is 2.90. The fourth-order valence-corrected chi connectivity index (χ4v) is 2.67. The third-order valence-electron chi connectivity index (χ3n) is 4.24. The number of nitrogens with one attached hydrogen (secondary N) is 1. The van der Waals surface area contributed by atoms with Crippen LogP contribution in [0.4, 0.5) is 0 Å². The minimum atomic E-state index is -0.762. The molecule has 0 atom stereocenters. The first-order chi connectivity index (χ1) is 9.47. The zero-order valence-corrected chi connectivity index (χ0v) is 11.9. The highest BCUT2D eigenvalue weighted by atomic mass is 16.3. The molecular formula is C16H20N2O2. The first-order valence-electron chi connectivity index (χ1n) is 7.00. The van der Waals surface area contributed by atoms with Crippen molar-refractivity contribution >= 4 is 5.91 Å². The van der Waals surface area contributed by atoms with E-state index in [-0.39, 0.29) is 11.7 Å². The van der Waals surface area contributed by atoms with Gasteiger partial charge < -0.3 is 10.4 Å². The third-order valence-corrected chi connectivity index (χ3v) is 4.24. The quantitative estimate of drug-likeness (QED) is 0.869. The second kappa shape index (κ2) is 5.54. The van der Waals surface area contributed by atoms with E-state index in [1.54, 1.807) is 25.1 Å². The summed E-state index contributed by atoms with van der Waals surface area (Å²) in [7, 11) is 0. The van der Waals surface area contributed by atoms with Gasteiger partial charge in [0, 0.05) is 11.1 Å². The van der Waals surface area contributed by atoms with Crippen LogP contribution in [0.2, 0.25) is 0 Å². The molecule has 1 aliphatic carbocycles. The number of phenols is 1. The summed E-state index contributed by atoms with van der Waals surface area (Å²) in [5.41, 5.74) is 0.210. The summed E-state index contributed by atoms with van der Waals surface area (Å²) in [6.45, 7) is 3.87. The van der Waals surface area contributed by atoms with Crippen molar-refractivity contribution in [2.75, 3.05) is 0 Å². The van der Waals surface area contributed by atoms with Crippen LogP contribution in [0.25, 0.3) is 0 Å². The summed E-state index contributed by atoms with van der Waals surface area (Å²) in [6, 6.07) is 7.13.